The lowest BCUT2D eigenvalue weighted by atomic mass is 9.94. The van der Waals surface area contributed by atoms with E-state index in [9.17, 15) is 48.6 Å². The SMILES string of the molecule is O=C(O)CCCCCCCCCCCCCCCCCCC(=O)C[C@@H](CCC(=O)NCCOCCOCC(=O)N[C@@H](CCC(=O)NCCCC[C@H](NP)C(=O)O)C(=O)O)C(=O)O. The van der Waals surface area contributed by atoms with Gasteiger partial charge >= 0.3 is 23.9 Å². The van der Waals surface area contributed by atoms with Crippen molar-refractivity contribution < 1.29 is 68.3 Å². The van der Waals surface area contributed by atoms with Crippen LogP contribution in [0.25, 0.3) is 0 Å². The fourth-order valence-corrected chi connectivity index (χ4v) is 6.95. The number of nitrogens with one attached hydrogen (secondary N) is 4. The molecule has 19 heteroatoms. The van der Waals surface area contributed by atoms with Gasteiger partial charge in [-0.15, -0.1) is 0 Å². The number of unbranched alkanes of at least 4 members (excludes halogenated alkanes) is 16. The number of carboxylic acids is 4. The first kappa shape index (κ1) is 58.3. The second-order valence-corrected chi connectivity index (χ2v) is 16.1. The highest BCUT2D eigenvalue weighted by Crippen LogP contribution is 2.17. The van der Waals surface area contributed by atoms with Crippen LogP contribution in [0.5, 0.6) is 0 Å². The van der Waals surface area contributed by atoms with E-state index in [-0.39, 0.29) is 76.6 Å². The average molecular weight is 905 g/mol. The van der Waals surface area contributed by atoms with Crippen LogP contribution in [0, 0.1) is 5.92 Å². The van der Waals surface area contributed by atoms with Crippen molar-refractivity contribution in [1.82, 2.24) is 21.0 Å². The van der Waals surface area contributed by atoms with Gasteiger partial charge in [0.25, 0.3) is 0 Å². The van der Waals surface area contributed by atoms with Crippen LogP contribution in [0.3, 0.4) is 0 Å². The summed E-state index contributed by atoms with van der Waals surface area (Å²) in [4.78, 5) is 93.8. The number of carboxylic acid groups (broad SMARTS) is 4. The van der Waals surface area contributed by atoms with Gasteiger partial charge in [0.1, 0.15) is 24.5 Å². The zero-order valence-corrected chi connectivity index (χ0v) is 38.0. The summed E-state index contributed by atoms with van der Waals surface area (Å²) in [6.45, 7) is 0.260. The Balaban J connectivity index is 3.89. The highest BCUT2D eigenvalue weighted by Gasteiger charge is 2.23. The molecule has 0 aliphatic rings. The zero-order valence-electron chi connectivity index (χ0n) is 36.8. The van der Waals surface area contributed by atoms with Crippen molar-refractivity contribution >= 4 is 56.8 Å². The molecule has 0 aromatic heterocycles. The third-order valence-corrected chi connectivity index (χ3v) is 10.7. The van der Waals surface area contributed by atoms with Crippen LogP contribution < -0.4 is 21.0 Å². The topological polar surface area (TPSA) is 284 Å². The fraction of sp³-hybridized carbons (Fsp3) is 0.814. The molecule has 62 heavy (non-hydrogen) atoms. The van der Waals surface area contributed by atoms with E-state index >= 15 is 0 Å². The predicted octanol–water partition coefficient (Wildman–Crippen LogP) is 5.15. The Morgan fingerprint density at radius 1 is 0.452 bits per heavy atom. The first-order valence-corrected chi connectivity index (χ1v) is 23.2. The Labute approximate surface area is 369 Å². The Hall–Kier alpha value is -3.73. The Morgan fingerprint density at radius 2 is 0.935 bits per heavy atom. The van der Waals surface area contributed by atoms with Gasteiger partial charge in [-0.25, -0.2) is 4.79 Å². The number of aliphatic carboxylic acids is 4. The molecular formula is C43H77N4O14P. The maximum atomic E-state index is 12.5. The van der Waals surface area contributed by atoms with Crippen LogP contribution in [0.1, 0.15) is 167 Å². The highest BCUT2D eigenvalue weighted by molar-refractivity contribution is 7.13. The molecule has 0 saturated heterocycles. The molecule has 0 saturated carbocycles. The largest absolute Gasteiger partial charge is 0.481 e. The van der Waals surface area contributed by atoms with Gasteiger partial charge in [-0.2, -0.15) is 0 Å². The fourth-order valence-electron chi connectivity index (χ4n) is 6.64. The molecule has 3 amide bonds. The van der Waals surface area contributed by atoms with E-state index in [2.05, 4.69) is 30.4 Å². The number of hydrogen-bond donors (Lipinski definition) is 8. The van der Waals surface area contributed by atoms with Crippen molar-refractivity contribution in [2.75, 3.05) is 39.5 Å². The minimum atomic E-state index is -1.30. The number of hydrogen-bond acceptors (Lipinski definition) is 11. The quantitative estimate of drug-likeness (QED) is 0.0290. The maximum absolute atomic E-state index is 12.5. The van der Waals surface area contributed by atoms with Crippen LogP contribution in [-0.4, -0.2) is 119 Å². The van der Waals surface area contributed by atoms with Gasteiger partial charge in [0.15, 0.2) is 0 Å². The van der Waals surface area contributed by atoms with Gasteiger partial charge in [0.2, 0.25) is 17.7 Å². The summed E-state index contributed by atoms with van der Waals surface area (Å²) < 4.78 is 10.6. The number of Topliss-reactive ketones (excluding diaryl/α,β-unsaturated/α-hetero) is 1. The third kappa shape index (κ3) is 36.9. The number of rotatable bonds is 45. The van der Waals surface area contributed by atoms with E-state index in [0.29, 0.717) is 32.2 Å². The number of ether oxygens (including phenoxy) is 2. The van der Waals surface area contributed by atoms with Crippen LogP contribution in [0.15, 0.2) is 0 Å². The number of amides is 3. The summed E-state index contributed by atoms with van der Waals surface area (Å²) >= 11 is 0. The second-order valence-electron chi connectivity index (χ2n) is 15.8. The molecule has 0 aliphatic heterocycles. The molecule has 0 rings (SSSR count). The van der Waals surface area contributed by atoms with Crippen LogP contribution >= 0.6 is 9.39 Å². The first-order chi connectivity index (χ1) is 29.8. The first-order valence-electron chi connectivity index (χ1n) is 22.6. The van der Waals surface area contributed by atoms with Crippen molar-refractivity contribution in [2.45, 2.75) is 179 Å². The molecule has 1 unspecified atom stereocenters. The molecule has 4 atom stereocenters. The molecule has 0 fully saturated rings. The van der Waals surface area contributed by atoms with Crippen molar-refractivity contribution in [3.8, 4) is 0 Å². The maximum Gasteiger partial charge on any atom is 0.326 e. The lowest BCUT2D eigenvalue weighted by Gasteiger charge is -2.15. The normalized spacial score (nSPS) is 12.5. The highest BCUT2D eigenvalue weighted by atomic mass is 31.0. The van der Waals surface area contributed by atoms with E-state index in [1.165, 1.54) is 57.8 Å². The molecule has 358 valence electrons. The molecular weight excluding hydrogens is 827 g/mol. The molecule has 0 spiro atoms. The molecule has 0 aromatic rings. The summed E-state index contributed by atoms with van der Waals surface area (Å²) in [6.07, 6.45) is 19.6. The van der Waals surface area contributed by atoms with E-state index in [1.54, 1.807) is 0 Å². The average Bonchev–Trinajstić information content (AvgIpc) is 3.22. The molecule has 0 aromatic carbocycles. The number of carbonyl (C=O) groups excluding carboxylic acids is 4. The summed E-state index contributed by atoms with van der Waals surface area (Å²) in [5.74, 6) is -6.55. The van der Waals surface area contributed by atoms with Crippen LogP contribution in [0.4, 0.5) is 0 Å². The van der Waals surface area contributed by atoms with Gasteiger partial charge in [0, 0.05) is 45.2 Å². The Kier molecular flexibility index (Phi) is 37.7. The molecule has 8 N–H and O–H groups in total. The van der Waals surface area contributed by atoms with Crippen molar-refractivity contribution in [3.05, 3.63) is 0 Å². The lowest BCUT2D eigenvalue weighted by molar-refractivity contribution is -0.144. The van der Waals surface area contributed by atoms with Gasteiger partial charge in [-0.1, -0.05) is 99.3 Å². The molecule has 18 nitrogen and oxygen atoms in total. The number of carbonyl (C=O) groups is 8. The summed E-state index contributed by atoms with van der Waals surface area (Å²) in [7, 11) is 2.16. The Morgan fingerprint density at radius 3 is 1.44 bits per heavy atom. The van der Waals surface area contributed by atoms with Gasteiger partial charge in [-0.05, 0) is 44.9 Å². The zero-order chi connectivity index (χ0) is 46.2. The van der Waals surface area contributed by atoms with Gasteiger partial charge in [-0.3, -0.25) is 38.6 Å². The summed E-state index contributed by atoms with van der Waals surface area (Å²) in [6, 6.07) is -2.00. The third-order valence-electron chi connectivity index (χ3n) is 10.3. The van der Waals surface area contributed by atoms with Crippen molar-refractivity contribution in [1.29, 1.82) is 0 Å². The predicted molar refractivity (Wildman–Crippen MR) is 235 cm³/mol. The Bertz CT molecular complexity index is 1290. The standard InChI is InChI=1S/C43H77N4O14P/c48-34(19-15-13-11-9-7-5-3-1-2-4-6-8-10-12-14-16-21-40(52)53)31-33(41(54)55)22-24-37(49)45-27-28-60-29-30-61-32-39(51)46-35(42(56)57)23-25-38(50)44-26-18-17-20-36(47-62)43(58)59/h33,35-36,47H,1-32,62H2,(H,44,50)(H,45,49)(H,46,51)(H,52,53)(H,54,55)(H,56,57)(H,58,59)/t33-,35+,36+/m1/s1. The minimum Gasteiger partial charge on any atom is -0.481 e. The van der Waals surface area contributed by atoms with E-state index in [4.69, 9.17) is 19.7 Å². The monoisotopic (exact) mass is 905 g/mol. The van der Waals surface area contributed by atoms with Crippen molar-refractivity contribution in [3.63, 3.8) is 0 Å². The lowest BCUT2D eigenvalue weighted by Crippen LogP contribution is -2.43. The van der Waals surface area contributed by atoms with Crippen LogP contribution in [0.2, 0.25) is 0 Å². The summed E-state index contributed by atoms with van der Waals surface area (Å²) in [5, 5.41) is 46.9. The smallest absolute Gasteiger partial charge is 0.326 e. The van der Waals surface area contributed by atoms with Gasteiger partial charge in [0.05, 0.1) is 25.7 Å². The van der Waals surface area contributed by atoms with Crippen molar-refractivity contribution in [2.24, 2.45) is 5.92 Å². The molecule has 0 aliphatic carbocycles. The van der Waals surface area contributed by atoms with E-state index in [0.717, 1.165) is 44.9 Å². The molecule has 0 radical (unpaired) electrons. The van der Waals surface area contributed by atoms with E-state index < -0.39 is 60.3 Å². The molecule has 0 heterocycles. The van der Waals surface area contributed by atoms with Crippen LogP contribution in [-0.2, 0) is 47.8 Å². The molecule has 0 bridgehead atoms. The minimum absolute atomic E-state index is 0.0141. The van der Waals surface area contributed by atoms with E-state index in [1.807, 2.05) is 0 Å². The summed E-state index contributed by atoms with van der Waals surface area (Å²) in [5.41, 5.74) is 0. The number of ketones is 1. The second kappa shape index (κ2) is 40.1. The van der Waals surface area contributed by atoms with Gasteiger partial charge < -0.3 is 45.9 Å².